The molecule has 0 fully saturated rings. The molecular formula is C13H13NO2S. The fraction of sp³-hybridized carbons (Fsp3) is 0.231. The Balaban J connectivity index is 2.57. The normalized spacial score (nSPS) is 10.5. The van der Waals surface area contributed by atoms with Crippen molar-refractivity contribution in [1.29, 1.82) is 0 Å². The molecule has 2 rings (SSSR count). The van der Waals surface area contributed by atoms with E-state index in [4.69, 9.17) is 5.11 Å². The monoisotopic (exact) mass is 247 g/mol. The average Bonchev–Trinajstić information content (AvgIpc) is 2.64. The molecule has 1 aromatic carbocycles. The fourth-order valence-electron chi connectivity index (χ4n) is 1.68. The lowest BCUT2D eigenvalue weighted by molar-refractivity contribution is 0.0701. The lowest BCUT2D eigenvalue weighted by atomic mass is 10.1. The lowest BCUT2D eigenvalue weighted by Gasteiger charge is -2.02. The van der Waals surface area contributed by atoms with E-state index in [0.29, 0.717) is 10.6 Å². The van der Waals surface area contributed by atoms with Crippen LogP contribution in [0.2, 0.25) is 0 Å². The second-order valence-corrected chi connectivity index (χ2v) is 5.06. The molecule has 0 bridgehead atoms. The topological polar surface area (TPSA) is 50.2 Å². The molecule has 4 heteroatoms. The zero-order valence-electron chi connectivity index (χ0n) is 9.94. The highest BCUT2D eigenvalue weighted by atomic mass is 32.1. The molecule has 0 radical (unpaired) electrons. The summed E-state index contributed by atoms with van der Waals surface area (Å²) < 4.78 is 0. The Hall–Kier alpha value is -1.68. The Labute approximate surface area is 104 Å². The number of carboxylic acids is 1. The van der Waals surface area contributed by atoms with Crippen LogP contribution in [0.4, 0.5) is 0 Å². The summed E-state index contributed by atoms with van der Waals surface area (Å²) in [4.78, 5) is 15.7. The second-order valence-electron chi connectivity index (χ2n) is 4.06. The first-order valence-electron chi connectivity index (χ1n) is 5.27. The van der Waals surface area contributed by atoms with Crippen LogP contribution in [-0.2, 0) is 0 Å². The van der Waals surface area contributed by atoms with Crippen molar-refractivity contribution in [2.45, 2.75) is 20.8 Å². The third kappa shape index (κ3) is 2.22. The number of thiazole rings is 1. The highest BCUT2D eigenvalue weighted by Crippen LogP contribution is 2.30. The van der Waals surface area contributed by atoms with Gasteiger partial charge in [0, 0.05) is 5.56 Å². The van der Waals surface area contributed by atoms with Gasteiger partial charge in [-0.15, -0.1) is 11.3 Å². The van der Waals surface area contributed by atoms with Gasteiger partial charge in [-0.2, -0.15) is 0 Å². The molecule has 88 valence electrons. The maximum atomic E-state index is 11.0. The number of carboxylic acid groups (broad SMARTS) is 1. The van der Waals surface area contributed by atoms with Crippen LogP contribution in [0.15, 0.2) is 18.2 Å². The zero-order chi connectivity index (χ0) is 12.6. The van der Waals surface area contributed by atoms with Gasteiger partial charge < -0.3 is 5.11 Å². The zero-order valence-corrected chi connectivity index (χ0v) is 10.8. The SMILES string of the molecule is Cc1ccc(C)c(-c2nc(C)c(C(=O)O)s2)c1. The number of carbonyl (C=O) groups is 1. The van der Waals surface area contributed by atoms with Crippen molar-refractivity contribution in [2.24, 2.45) is 0 Å². The van der Waals surface area contributed by atoms with Gasteiger partial charge in [-0.25, -0.2) is 9.78 Å². The average molecular weight is 247 g/mol. The van der Waals surface area contributed by atoms with Crippen molar-refractivity contribution in [3.8, 4) is 10.6 Å². The number of hydrogen-bond donors (Lipinski definition) is 1. The molecule has 0 saturated heterocycles. The maximum Gasteiger partial charge on any atom is 0.347 e. The molecule has 0 aliphatic carbocycles. The van der Waals surface area contributed by atoms with Crippen LogP contribution in [0, 0.1) is 20.8 Å². The van der Waals surface area contributed by atoms with E-state index in [1.807, 2.05) is 32.0 Å². The van der Waals surface area contributed by atoms with Crippen molar-refractivity contribution >= 4 is 17.3 Å². The third-order valence-corrected chi connectivity index (χ3v) is 3.79. The smallest absolute Gasteiger partial charge is 0.347 e. The number of benzene rings is 1. The summed E-state index contributed by atoms with van der Waals surface area (Å²) in [7, 11) is 0. The predicted molar refractivity (Wildman–Crippen MR) is 68.7 cm³/mol. The first kappa shape index (κ1) is 11.8. The van der Waals surface area contributed by atoms with Gasteiger partial charge in [0.15, 0.2) is 0 Å². The first-order chi connectivity index (χ1) is 7.99. The molecule has 0 amide bonds. The lowest BCUT2D eigenvalue weighted by Crippen LogP contribution is -1.94. The second kappa shape index (κ2) is 4.30. The summed E-state index contributed by atoms with van der Waals surface area (Å²) in [5, 5.41) is 9.80. The Morgan fingerprint density at radius 2 is 2.00 bits per heavy atom. The summed E-state index contributed by atoms with van der Waals surface area (Å²) in [5.41, 5.74) is 3.86. The summed E-state index contributed by atoms with van der Waals surface area (Å²) in [6.07, 6.45) is 0. The number of hydrogen-bond acceptors (Lipinski definition) is 3. The standard InChI is InChI=1S/C13H13NO2S/c1-7-4-5-8(2)10(6-7)12-14-9(3)11(17-12)13(15)16/h4-6H,1-3H3,(H,15,16). The van der Waals surface area contributed by atoms with Gasteiger partial charge in [0.2, 0.25) is 0 Å². The molecule has 1 aromatic heterocycles. The van der Waals surface area contributed by atoms with Crippen molar-refractivity contribution < 1.29 is 9.90 Å². The van der Waals surface area contributed by atoms with Gasteiger partial charge in [-0.05, 0) is 32.4 Å². The van der Waals surface area contributed by atoms with E-state index < -0.39 is 5.97 Å². The van der Waals surface area contributed by atoms with Gasteiger partial charge in [0.25, 0.3) is 0 Å². The molecule has 2 aromatic rings. The quantitative estimate of drug-likeness (QED) is 0.884. The summed E-state index contributed by atoms with van der Waals surface area (Å²) in [6, 6.07) is 6.11. The minimum Gasteiger partial charge on any atom is -0.477 e. The Morgan fingerprint density at radius 3 is 2.59 bits per heavy atom. The van der Waals surface area contributed by atoms with E-state index in [1.165, 1.54) is 11.3 Å². The first-order valence-corrected chi connectivity index (χ1v) is 6.09. The van der Waals surface area contributed by atoms with Gasteiger partial charge in [-0.1, -0.05) is 17.7 Å². The van der Waals surface area contributed by atoms with Crippen molar-refractivity contribution in [3.63, 3.8) is 0 Å². The molecule has 3 nitrogen and oxygen atoms in total. The largest absolute Gasteiger partial charge is 0.477 e. The van der Waals surface area contributed by atoms with Crippen LogP contribution in [0.3, 0.4) is 0 Å². The molecule has 0 aliphatic heterocycles. The number of rotatable bonds is 2. The van der Waals surface area contributed by atoms with Crippen LogP contribution in [0.25, 0.3) is 10.6 Å². The van der Waals surface area contributed by atoms with Crippen molar-refractivity contribution in [3.05, 3.63) is 39.9 Å². The fourth-order valence-corrected chi connectivity index (χ4v) is 2.66. The number of aromatic carboxylic acids is 1. The van der Waals surface area contributed by atoms with Gasteiger partial charge >= 0.3 is 5.97 Å². The molecule has 1 heterocycles. The molecule has 1 N–H and O–H groups in total. The maximum absolute atomic E-state index is 11.0. The van der Waals surface area contributed by atoms with Crippen molar-refractivity contribution in [1.82, 2.24) is 4.98 Å². The third-order valence-electron chi connectivity index (χ3n) is 2.61. The number of nitrogens with zero attached hydrogens (tertiary/aromatic N) is 1. The molecule has 0 atom stereocenters. The van der Waals surface area contributed by atoms with Crippen LogP contribution < -0.4 is 0 Å². The van der Waals surface area contributed by atoms with Crippen LogP contribution in [-0.4, -0.2) is 16.1 Å². The Morgan fingerprint density at radius 1 is 1.29 bits per heavy atom. The van der Waals surface area contributed by atoms with Crippen LogP contribution in [0.5, 0.6) is 0 Å². The predicted octanol–water partition coefficient (Wildman–Crippen LogP) is 3.43. The van der Waals surface area contributed by atoms with E-state index in [-0.39, 0.29) is 0 Å². The molecule has 0 unspecified atom stereocenters. The summed E-state index contributed by atoms with van der Waals surface area (Å²) in [6.45, 7) is 5.75. The van der Waals surface area contributed by atoms with E-state index in [0.717, 1.165) is 21.7 Å². The molecule has 0 spiro atoms. The van der Waals surface area contributed by atoms with Crippen molar-refractivity contribution in [2.75, 3.05) is 0 Å². The molecule has 0 aliphatic rings. The van der Waals surface area contributed by atoms with E-state index in [1.54, 1.807) is 6.92 Å². The Kier molecular flexibility index (Phi) is 2.98. The Bertz CT molecular complexity index is 587. The van der Waals surface area contributed by atoms with Gasteiger partial charge in [0.05, 0.1) is 5.69 Å². The summed E-state index contributed by atoms with van der Waals surface area (Å²) >= 11 is 1.23. The van der Waals surface area contributed by atoms with Crippen LogP contribution in [0.1, 0.15) is 26.5 Å². The van der Waals surface area contributed by atoms with E-state index in [2.05, 4.69) is 4.98 Å². The molecule has 0 saturated carbocycles. The minimum atomic E-state index is -0.906. The number of aromatic nitrogens is 1. The van der Waals surface area contributed by atoms with E-state index in [9.17, 15) is 4.79 Å². The van der Waals surface area contributed by atoms with Crippen LogP contribution >= 0.6 is 11.3 Å². The highest BCUT2D eigenvalue weighted by molar-refractivity contribution is 7.17. The molecular weight excluding hydrogens is 234 g/mol. The van der Waals surface area contributed by atoms with E-state index >= 15 is 0 Å². The highest BCUT2D eigenvalue weighted by Gasteiger charge is 2.15. The number of aryl methyl sites for hydroxylation is 3. The minimum absolute atomic E-state index is 0.320. The summed E-state index contributed by atoms with van der Waals surface area (Å²) in [5.74, 6) is -0.906. The van der Waals surface area contributed by atoms with Gasteiger partial charge in [0.1, 0.15) is 9.88 Å². The molecule has 17 heavy (non-hydrogen) atoms. The van der Waals surface area contributed by atoms with Gasteiger partial charge in [-0.3, -0.25) is 0 Å².